The highest BCUT2D eigenvalue weighted by atomic mass is 35.5. The van der Waals surface area contributed by atoms with Gasteiger partial charge in [0, 0.05) is 11.1 Å². The average Bonchev–Trinajstić information content (AvgIpc) is 2.96. The van der Waals surface area contributed by atoms with Gasteiger partial charge in [0.25, 0.3) is 10.0 Å². The average molecular weight is 352 g/mol. The van der Waals surface area contributed by atoms with E-state index < -0.39 is 15.9 Å². The van der Waals surface area contributed by atoms with E-state index in [0.717, 1.165) is 17.0 Å². The van der Waals surface area contributed by atoms with Crippen molar-refractivity contribution >= 4 is 50.2 Å². The van der Waals surface area contributed by atoms with Gasteiger partial charge in [-0.25, -0.2) is 13.4 Å². The molecule has 0 fully saturated rings. The molecule has 0 aliphatic heterocycles. The molecule has 10 heteroatoms. The highest BCUT2D eigenvalue weighted by Gasteiger charge is 2.17. The fraction of sp³-hybridized carbons (Fsp3) is 0.200. The van der Waals surface area contributed by atoms with E-state index >= 15 is 0 Å². The first kappa shape index (κ1) is 15.4. The molecule has 108 valence electrons. The summed E-state index contributed by atoms with van der Waals surface area (Å²) in [5.74, 6) is -0.481. The summed E-state index contributed by atoms with van der Waals surface area (Å²) in [5.41, 5.74) is 2.97. The summed E-state index contributed by atoms with van der Waals surface area (Å²) in [6.45, 7) is 1.82. The summed E-state index contributed by atoms with van der Waals surface area (Å²) in [5, 5.41) is 2.44. The minimum Gasteiger partial charge on any atom is -0.277 e. The van der Waals surface area contributed by atoms with Crippen LogP contribution in [0.3, 0.4) is 0 Å². The van der Waals surface area contributed by atoms with Crippen molar-refractivity contribution in [3.8, 4) is 0 Å². The van der Waals surface area contributed by atoms with Gasteiger partial charge < -0.3 is 0 Å². The molecule has 0 aliphatic carbocycles. The van der Waals surface area contributed by atoms with E-state index in [1.807, 2.05) is 17.1 Å². The van der Waals surface area contributed by atoms with Gasteiger partial charge in [0.05, 0.1) is 10.8 Å². The standard InChI is InChI=1S/C10H10ClN3O3S3/c1-6-5-18-9(12-6)4-8(15)13-14-20(16,17)10-3-2-7(11)19-10/h2-3,5,14H,4H2,1H3,(H,13,15). The van der Waals surface area contributed by atoms with E-state index in [1.54, 1.807) is 0 Å². The Morgan fingerprint density at radius 3 is 2.75 bits per heavy atom. The predicted octanol–water partition coefficient (Wildman–Crippen LogP) is 1.72. The largest absolute Gasteiger partial charge is 0.277 e. The summed E-state index contributed by atoms with van der Waals surface area (Å²) in [6.07, 6.45) is 0.0201. The molecule has 0 saturated carbocycles. The van der Waals surface area contributed by atoms with Crippen molar-refractivity contribution in [2.75, 3.05) is 0 Å². The molecule has 0 bridgehead atoms. The Morgan fingerprint density at radius 2 is 2.20 bits per heavy atom. The van der Waals surface area contributed by atoms with Crippen LogP contribution in [0.2, 0.25) is 4.34 Å². The first-order valence-electron chi connectivity index (χ1n) is 5.34. The van der Waals surface area contributed by atoms with Crippen LogP contribution >= 0.6 is 34.3 Å². The number of thiazole rings is 1. The minimum atomic E-state index is -3.79. The number of rotatable bonds is 5. The Hall–Kier alpha value is -1.00. The van der Waals surface area contributed by atoms with Crippen LogP contribution < -0.4 is 10.3 Å². The zero-order valence-corrected chi connectivity index (χ0v) is 13.4. The van der Waals surface area contributed by atoms with E-state index in [-0.39, 0.29) is 10.6 Å². The SMILES string of the molecule is Cc1csc(CC(=O)NNS(=O)(=O)c2ccc(Cl)s2)n1. The molecule has 2 aromatic rings. The Bertz CT molecular complexity index is 723. The van der Waals surface area contributed by atoms with Gasteiger partial charge in [-0.15, -0.1) is 27.5 Å². The number of halogens is 1. The van der Waals surface area contributed by atoms with Crippen LogP contribution in [0.15, 0.2) is 21.7 Å². The number of carbonyl (C=O) groups excluding carboxylic acids is 1. The van der Waals surface area contributed by atoms with E-state index in [9.17, 15) is 13.2 Å². The van der Waals surface area contributed by atoms with Crippen molar-refractivity contribution < 1.29 is 13.2 Å². The molecule has 2 N–H and O–H groups in total. The molecule has 0 saturated heterocycles. The van der Waals surface area contributed by atoms with Gasteiger partial charge >= 0.3 is 0 Å². The van der Waals surface area contributed by atoms with Crippen molar-refractivity contribution in [1.82, 2.24) is 15.2 Å². The monoisotopic (exact) mass is 351 g/mol. The second kappa shape index (κ2) is 6.19. The summed E-state index contributed by atoms with van der Waals surface area (Å²) < 4.78 is 24.0. The van der Waals surface area contributed by atoms with Crippen LogP contribution in [0, 0.1) is 6.92 Å². The van der Waals surface area contributed by atoms with Crippen LogP contribution in [0.4, 0.5) is 0 Å². The second-order valence-corrected chi connectivity index (χ2v) is 8.34. The number of carbonyl (C=O) groups is 1. The first-order chi connectivity index (χ1) is 9.37. The number of hydrazine groups is 1. The van der Waals surface area contributed by atoms with Gasteiger partial charge in [-0.1, -0.05) is 11.6 Å². The molecule has 0 aliphatic rings. The number of sulfonamides is 1. The maximum Gasteiger partial charge on any atom is 0.266 e. The van der Waals surface area contributed by atoms with E-state index in [0.29, 0.717) is 9.34 Å². The van der Waals surface area contributed by atoms with Gasteiger partial charge in [0.2, 0.25) is 5.91 Å². The fourth-order valence-corrected chi connectivity index (χ4v) is 4.40. The molecule has 2 heterocycles. The molecule has 0 radical (unpaired) electrons. The summed E-state index contributed by atoms with van der Waals surface area (Å²) in [4.78, 5) is 17.7. The van der Waals surface area contributed by atoms with Gasteiger partial charge in [0.15, 0.2) is 0 Å². The molecular weight excluding hydrogens is 342 g/mol. The first-order valence-corrected chi connectivity index (χ1v) is 8.89. The Morgan fingerprint density at radius 1 is 1.45 bits per heavy atom. The Labute approximate surface area is 128 Å². The maximum atomic E-state index is 11.8. The molecule has 0 spiro atoms. The van der Waals surface area contributed by atoms with E-state index in [2.05, 4.69) is 10.4 Å². The number of aromatic nitrogens is 1. The van der Waals surface area contributed by atoms with Crippen molar-refractivity contribution in [2.24, 2.45) is 0 Å². The number of aryl methyl sites for hydroxylation is 1. The van der Waals surface area contributed by atoms with Gasteiger partial charge in [-0.05, 0) is 19.1 Å². The molecule has 0 atom stereocenters. The summed E-state index contributed by atoms with van der Waals surface area (Å²) in [7, 11) is -3.79. The summed E-state index contributed by atoms with van der Waals surface area (Å²) in [6, 6.07) is 2.84. The second-order valence-electron chi connectivity index (χ2n) is 3.77. The van der Waals surface area contributed by atoms with Gasteiger partial charge in [0.1, 0.15) is 9.22 Å². The van der Waals surface area contributed by atoms with Gasteiger partial charge in [-0.2, -0.15) is 0 Å². The molecule has 2 aromatic heterocycles. The smallest absolute Gasteiger partial charge is 0.266 e. The highest BCUT2D eigenvalue weighted by Crippen LogP contribution is 2.24. The zero-order valence-electron chi connectivity index (χ0n) is 10.2. The van der Waals surface area contributed by atoms with Crippen molar-refractivity contribution in [3.63, 3.8) is 0 Å². The number of hydrogen-bond acceptors (Lipinski definition) is 6. The normalized spacial score (nSPS) is 11.5. The molecule has 6 nitrogen and oxygen atoms in total. The number of nitrogens with zero attached hydrogens (tertiary/aromatic N) is 1. The summed E-state index contributed by atoms with van der Waals surface area (Å²) >= 11 is 7.92. The van der Waals surface area contributed by atoms with E-state index in [1.165, 1.54) is 23.5 Å². The lowest BCUT2D eigenvalue weighted by atomic mass is 10.4. The van der Waals surface area contributed by atoms with Gasteiger partial charge in [-0.3, -0.25) is 10.2 Å². The number of nitrogens with one attached hydrogen (secondary N) is 2. The Balaban J connectivity index is 1.93. The molecule has 20 heavy (non-hydrogen) atoms. The molecular formula is C10H10ClN3O3S3. The van der Waals surface area contributed by atoms with Crippen molar-refractivity contribution in [1.29, 1.82) is 0 Å². The molecule has 1 amide bonds. The number of thiophene rings is 1. The Kier molecular flexibility index (Phi) is 4.76. The third-order valence-electron chi connectivity index (χ3n) is 2.12. The topological polar surface area (TPSA) is 88.2 Å². The zero-order chi connectivity index (χ0) is 14.8. The van der Waals surface area contributed by atoms with Crippen molar-refractivity contribution in [3.05, 3.63) is 32.6 Å². The van der Waals surface area contributed by atoms with Crippen LogP contribution in [0.1, 0.15) is 10.7 Å². The van der Waals surface area contributed by atoms with Crippen LogP contribution in [0.25, 0.3) is 0 Å². The van der Waals surface area contributed by atoms with Crippen LogP contribution in [-0.2, 0) is 21.2 Å². The third-order valence-corrected chi connectivity index (χ3v) is 6.05. The van der Waals surface area contributed by atoms with Crippen LogP contribution in [-0.4, -0.2) is 19.3 Å². The number of hydrogen-bond donors (Lipinski definition) is 2. The molecule has 0 unspecified atom stereocenters. The predicted molar refractivity (Wildman–Crippen MR) is 78.3 cm³/mol. The molecule has 2 rings (SSSR count). The fourth-order valence-electron chi connectivity index (χ4n) is 1.28. The van der Waals surface area contributed by atoms with E-state index in [4.69, 9.17) is 11.6 Å². The lowest BCUT2D eigenvalue weighted by molar-refractivity contribution is -0.120. The highest BCUT2D eigenvalue weighted by molar-refractivity contribution is 7.91. The quantitative estimate of drug-likeness (QED) is 0.803. The van der Waals surface area contributed by atoms with Crippen LogP contribution in [0.5, 0.6) is 0 Å². The lowest BCUT2D eigenvalue weighted by Crippen LogP contribution is -2.42. The molecule has 0 aromatic carbocycles. The maximum absolute atomic E-state index is 11.8. The lowest BCUT2D eigenvalue weighted by Gasteiger charge is -2.05. The number of amides is 1. The van der Waals surface area contributed by atoms with Crippen molar-refractivity contribution in [2.45, 2.75) is 17.6 Å². The minimum absolute atomic E-state index is 0.0201. The third kappa shape index (κ3) is 4.00.